The van der Waals surface area contributed by atoms with Gasteiger partial charge in [-0.2, -0.15) is 0 Å². The summed E-state index contributed by atoms with van der Waals surface area (Å²) >= 11 is 0. The number of benzene rings is 1. The summed E-state index contributed by atoms with van der Waals surface area (Å²) < 4.78 is 15.4. The highest BCUT2D eigenvalue weighted by Crippen LogP contribution is 2.65. The van der Waals surface area contributed by atoms with E-state index < -0.39 is 24.0 Å². The lowest BCUT2D eigenvalue weighted by atomic mass is 9.49. The monoisotopic (exact) mass is 636 g/mol. The minimum absolute atomic E-state index is 0.0551. The van der Waals surface area contributed by atoms with Gasteiger partial charge in [-0.1, -0.05) is 37.3 Å². The van der Waals surface area contributed by atoms with Gasteiger partial charge in [-0.05, 0) is 170 Å². The summed E-state index contributed by atoms with van der Waals surface area (Å²) in [4.78, 5) is 14.0. The van der Waals surface area contributed by atoms with Gasteiger partial charge in [0.15, 0.2) is 0 Å². The molecule has 43 heavy (non-hydrogen) atoms. The summed E-state index contributed by atoms with van der Waals surface area (Å²) in [6.07, 6.45) is 15.7. The Balaban J connectivity index is 1.50. The van der Waals surface area contributed by atoms with Crippen LogP contribution in [-0.4, -0.2) is 34.4 Å². The van der Waals surface area contributed by atoms with Crippen molar-refractivity contribution in [3.8, 4) is 0 Å². The fraction of sp³-hybridized carbons (Fsp3) is 0.784. The van der Waals surface area contributed by atoms with Gasteiger partial charge in [-0.3, -0.25) is 0 Å². The third kappa shape index (κ3) is 5.35. The van der Waals surface area contributed by atoms with Gasteiger partial charge in [0.2, 0.25) is 8.32 Å². The fourth-order valence-corrected chi connectivity index (χ4v) is 21.1. The maximum Gasteiger partial charge on any atom is 0.350 e. The predicted octanol–water partition coefficient (Wildman–Crippen LogP) is 9.77. The van der Waals surface area contributed by atoms with Crippen LogP contribution in [0, 0.1) is 61.7 Å². The first kappa shape index (κ1) is 31.0. The fourth-order valence-electron chi connectivity index (χ4n) is 12.2. The van der Waals surface area contributed by atoms with E-state index >= 15 is 0 Å². The quantitative estimate of drug-likeness (QED) is 0.228. The Morgan fingerprint density at radius 1 is 0.674 bits per heavy atom. The summed E-state index contributed by atoms with van der Waals surface area (Å²) in [6, 6.07) is 4.72. The van der Waals surface area contributed by atoms with E-state index in [2.05, 4.69) is 72.2 Å². The van der Waals surface area contributed by atoms with Crippen molar-refractivity contribution < 1.29 is 13.6 Å². The van der Waals surface area contributed by atoms with Gasteiger partial charge in [0.05, 0.1) is 11.4 Å². The van der Waals surface area contributed by atoms with Crippen molar-refractivity contribution >= 4 is 29.2 Å². The third-order valence-corrected chi connectivity index (χ3v) is 24.7. The molecule has 0 saturated heterocycles. The van der Waals surface area contributed by atoms with E-state index in [1.165, 1.54) is 110 Å². The molecule has 0 amide bonds. The minimum Gasteiger partial charge on any atom is -0.547 e. The average molecular weight is 637 g/mol. The zero-order valence-corrected chi connectivity index (χ0v) is 31.9. The van der Waals surface area contributed by atoms with Crippen molar-refractivity contribution in [1.82, 2.24) is 0 Å². The molecule has 0 aromatic heterocycles. The van der Waals surface area contributed by atoms with Crippen LogP contribution in [-0.2, 0) is 8.85 Å². The maximum atomic E-state index is 14.0. The molecular formula is C37H60O3Si3. The molecule has 3 nitrogen and oxygen atoms in total. The molecule has 6 heteroatoms. The van der Waals surface area contributed by atoms with Gasteiger partial charge in [-0.15, -0.1) is 0 Å². The molecular weight excluding hydrogens is 577 g/mol. The molecule has 8 saturated carbocycles. The molecule has 9 rings (SSSR count). The molecule has 0 aliphatic heterocycles. The van der Waals surface area contributed by atoms with Crippen LogP contribution in [0.4, 0.5) is 0 Å². The highest BCUT2D eigenvalue weighted by atomic mass is 29.3. The lowest BCUT2D eigenvalue weighted by Crippen LogP contribution is -2.68. The molecule has 8 fully saturated rings. The number of aryl methyl sites for hydroxylation is 3. The zero-order chi connectivity index (χ0) is 30.7. The molecule has 0 spiro atoms. The lowest BCUT2D eigenvalue weighted by molar-refractivity contribution is -0.117. The Morgan fingerprint density at radius 2 is 1.07 bits per heavy atom. The zero-order valence-electron chi connectivity index (χ0n) is 28.9. The van der Waals surface area contributed by atoms with Gasteiger partial charge < -0.3 is 13.6 Å². The Bertz CT molecular complexity index is 1220. The Hall–Kier alpha value is -0.669. The molecule has 8 aliphatic carbocycles. The van der Waals surface area contributed by atoms with Crippen LogP contribution < -0.4 is 0 Å². The second-order valence-corrected chi connectivity index (χ2v) is 36.4. The van der Waals surface area contributed by atoms with Crippen LogP contribution in [0.25, 0.3) is 5.20 Å². The van der Waals surface area contributed by atoms with Crippen molar-refractivity contribution in [2.45, 2.75) is 143 Å². The van der Waals surface area contributed by atoms with Gasteiger partial charge >= 0.3 is 8.08 Å². The van der Waals surface area contributed by atoms with E-state index in [4.69, 9.17) is 8.85 Å². The second-order valence-electron chi connectivity index (χ2n) is 19.0. The van der Waals surface area contributed by atoms with E-state index in [1.807, 2.05) is 0 Å². The minimum atomic E-state index is -3.49. The Kier molecular flexibility index (Phi) is 7.32. The Labute approximate surface area is 265 Å². The highest BCUT2D eigenvalue weighted by molar-refractivity contribution is 7.42. The SMILES string of the molecule is Cc1cc(C)c(/C(=C(/O[Si](C)(C)C)C23CC4CC(CC(C4)C2)C3)[Si](O)(OC23CC4CC(CC(C4)C2)C3)[Si](C)(C)C)c(C)c1. The average Bonchev–Trinajstić information content (AvgIpc) is 2.81. The molecule has 1 aromatic rings. The first-order chi connectivity index (χ1) is 20.0. The topological polar surface area (TPSA) is 38.7 Å². The molecule has 1 N–H and O–H groups in total. The number of rotatable bonds is 8. The van der Waals surface area contributed by atoms with E-state index in [-0.39, 0.29) is 11.0 Å². The number of hydrogen-bond acceptors (Lipinski definition) is 3. The van der Waals surface area contributed by atoms with Gasteiger partial charge in [0, 0.05) is 10.6 Å². The largest absolute Gasteiger partial charge is 0.547 e. The smallest absolute Gasteiger partial charge is 0.350 e. The summed E-state index contributed by atoms with van der Waals surface area (Å²) in [5, 5.41) is 1.21. The van der Waals surface area contributed by atoms with E-state index in [0.717, 1.165) is 35.5 Å². The summed E-state index contributed by atoms with van der Waals surface area (Å²) in [6.45, 7) is 21.2. The standard InChI is InChI=1S/C37H60O3Si3/c1-24-10-25(2)33(26(3)11-24)34(35(39-41(4,5)6)36-18-27-12-28(19-36)14-29(13-27)20-36)43(38,42(7,8)9)40-37-21-30-15-31(22-37)17-32(16-30)23-37/h10-11,27-32,38H,12-23H2,1-9H3/b35-34-. The van der Waals surface area contributed by atoms with Crippen LogP contribution in [0.2, 0.25) is 39.3 Å². The maximum absolute atomic E-state index is 14.0. The molecule has 1 aromatic carbocycles. The van der Waals surface area contributed by atoms with Gasteiger partial charge in [-0.25, -0.2) is 0 Å². The van der Waals surface area contributed by atoms with Crippen molar-refractivity contribution in [2.75, 3.05) is 0 Å². The van der Waals surface area contributed by atoms with Crippen molar-refractivity contribution in [3.63, 3.8) is 0 Å². The van der Waals surface area contributed by atoms with Crippen LogP contribution in [0.3, 0.4) is 0 Å². The van der Waals surface area contributed by atoms with Crippen molar-refractivity contribution in [2.24, 2.45) is 40.9 Å². The van der Waals surface area contributed by atoms with E-state index in [1.54, 1.807) is 0 Å². The second kappa shape index (κ2) is 10.2. The molecule has 1 unspecified atom stereocenters. The van der Waals surface area contributed by atoms with Crippen LogP contribution in [0.5, 0.6) is 0 Å². The Morgan fingerprint density at radius 3 is 1.44 bits per heavy atom. The number of allylic oxidation sites excluding steroid dienone is 1. The molecule has 8 bridgehead atoms. The van der Waals surface area contributed by atoms with Crippen LogP contribution in [0.1, 0.15) is 99.3 Å². The van der Waals surface area contributed by atoms with Crippen LogP contribution in [0.15, 0.2) is 17.9 Å². The summed E-state index contributed by atoms with van der Waals surface area (Å²) in [7, 11) is -7.78. The molecule has 0 radical (unpaired) electrons. The summed E-state index contributed by atoms with van der Waals surface area (Å²) in [5.41, 5.74) is 5.11. The lowest BCUT2D eigenvalue weighted by Gasteiger charge is -2.60. The first-order valence-corrected chi connectivity index (χ1v) is 27.7. The molecule has 8 aliphatic rings. The van der Waals surface area contributed by atoms with Gasteiger partial charge in [0.25, 0.3) is 0 Å². The van der Waals surface area contributed by atoms with Gasteiger partial charge in [0.1, 0.15) is 7.59 Å². The third-order valence-electron chi connectivity index (χ3n) is 12.8. The molecule has 0 heterocycles. The predicted molar refractivity (Wildman–Crippen MR) is 186 cm³/mol. The first-order valence-electron chi connectivity index (χ1n) is 17.9. The number of hydrogen-bond donors (Lipinski definition) is 1. The molecule has 238 valence electrons. The summed E-state index contributed by atoms with van der Waals surface area (Å²) in [5.74, 6) is 6.07. The highest BCUT2D eigenvalue weighted by Gasteiger charge is 2.63. The normalized spacial score (nSPS) is 40.0. The van der Waals surface area contributed by atoms with E-state index in [9.17, 15) is 4.80 Å². The van der Waals surface area contributed by atoms with Crippen LogP contribution >= 0.6 is 0 Å². The van der Waals surface area contributed by atoms with Crippen molar-refractivity contribution in [3.05, 3.63) is 40.1 Å². The van der Waals surface area contributed by atoms with E-state index in [0.29, 0.717) is 0 Å². The molecule has 1 atom stereocenters. The van der Waals surface area contributed by atoms with Crippen molar-refractivity contribution in [1.29, 1.82) is 0 Å².